The SMILES string of the molecule is CC(C)c1ccc2c(c1)nc(C1CCCCN1)n2C. The number of rotatable bonds is 2. The van der Waals surface area contributed by atoms with Crippen molar-refractivity contribution in [2.45, 2.75) is 45.1 Å². The molecule has 3 rings (SSSR count). The third kappa shape index (κ3) is 2.27. The zero-order chi connectivity index (χ0) is 13.4. The van der Waals surface area contributed by atoms with Gasteiger partial charge in [-0.25, -0.2) is 4.98 Å². The highest BCUT2D eigenvalue weighted by Crippen LogP contribution is 2.27. The number of hydrogen-bond donors (Lipinski definition) is 1. The average molecular weight is 257 g/mol. The number of nitrogens with one attached hydrogen (secondary N) is 1. The molecule has 0 saturated carbocycles. The Bertz CT molecular complexity index is 577. The molecule has 1 aliphatic rings. The predicted molar refractivity (Wildman–Crippen MR) is 79.4 cm³/mol. The van der Waals surface area contributed by atoms with Crippen molar-refractivity contribution in [2.24, 2.45) is 7.05 Å². The molecule has 1 aromatic carbocycles. The minimum absolute atomic E-state index is 0.425. The second-order valence-corrected chi connectivity index (χ2v) is 5.93. The molecule has 1 aromatic heterocycles. The molecule has 3 nitrogen and oxygen atoms in total. The Morgan fingerprint density at radius 2 is 2.16 bits per heavy atom. The molecule has 3 heteroatoms. The minimum Gasteiger partial charge on any atom is -0.330 e. The summed E-state index contributed by atoms with van der Waals surface area (Å²) in [6, 6.07) is 7.11. The number of aromatic nitrogens is 2. The van der Waals surface area contributed by atoms with Gasteiger partial charge in [-0.05, 0) is 43.0 Å². The molecular formula is C16H23N3. The van der Waals surface area contributed by atoms with Crippen molar-refractivity contribution in [1.29, 1.82) is 0 Å². The first-order chi connectivity index (χ1) is 9.16. The lowest BCUT2D eigenvalue weighted by molar-refractivity contribution is 0.392. The van der Waals surface area contributed by atoms with Crippen LogP contribution in [-0.2, 0) is 7.05 Å². The average Bonchev–Trinajstić information content (AvgIpc) is 2.76. The van der Waals surface area contributed by atoms with Crippen molar-refractivity contribution in [3.05, 3.63) is 29.6 Å². The molecule has 1 aliphatic heterocycles. The number of aryl methyl sites for hydroxylation is 1. The quantitative estimate of drug-likeness (QED) is 0.892. The Morgan fingerprint density at radius 1 is 1.32 bits per heavy atom. The smallest absolute Gasteiger partial charge is 0.126 e. The summed E-state index contributed by atoms with van der Waals surface area (Å²) < 4.78 is 2.25. The fourth-order valence-electron chi connectivity index (χ4n) is 2.98. The highest BCUT2D eigenvalue weighted by Gasteiger charge is 2.20. The zero-order valence-electron chi connectivity index (χ0n) is 12.1. The van der Waals surface area contributed by atoms with Crippen molar-refractivity contribution >= 4 is 11.0 Å². The molecule has 2 heterocycles. The largest absolute Gasteiger partial charge is 0.330 e. The first-order valence-electron chi connectivity index (χ1n) is 7.36. The molecule has 0 bridgehead atoms. The van der Waals surface area contributed by atoms with Crippen LogP contribution in [-0.4, -0.2) is 16.1 Å². The summed E-state index contributed by atoms with van der Waals surface area (Å²) in [6.45, 7) is 5.58. The van der Waals surface area contributed by atoms with Crippen molar-refractivity contribution in [3.8, 4) is 0 Å². The minimum atomic E-state index is 0.425. The molecule has 0 amide bonds. The van der Waals surface area contributed by atoms with Gasteiger partial charge in [-0.1, -0.05) is 26.3 Å². The number of hydrogen-bond acceptors (Lipinski definition) is 2. The first kappa shape index (κ1) is 12.7. The van der Waals surface area contributed by atoms with Crippen LogP contribution in [0.2, 0.25) is 0 Å². The molecule has 2 aromatic rings. The molecule has 1 saturated heterocycles. The van der Waals surface area contributed by atoms with E-state index in [9.17, 15) is 0 Å². The Morgan fingerprint density at radius 3 is 2.84 bits per heavy atom. The second kappa shape index (κ2) is 4.97. The number of benzene rings is 1. The Labute approximate surface area is 115 Å². The van der Waals surface area contributed by atoms with E-state index >= 15 is 0 Å². The van der Waals surface area contributed by atoms with Gasteiger partial charge in [0.2, 0.25) is 0 Å². The zero-order valence-corrected chi connectivity index (χ0v) is 12.1. The van der Waals surface area contributed by atoms with E-state index in [2.05, 4.69) is 49.0 Å². The Balaban J connectivity index is 2.03. The maximum atomic E-state index is 4.88. The number of fused-ring (bicyclic) bond motifs is 1. The van der Waals surface area contributed by atoms with Crippen LogP contribution >= 0.6 is 0 Å². The van der Waals surface area contributed by atoms with Crippen molar-refractivity contribution in [2.75, 3.05) is 6.54 Å². The van der Waals surface area contributed by atoms with Crippen molar-refractivity contribution in [1.82, 2.24) is 14.9 Å². The summed E-state index contributed by atoms with van der Waals surface area (Å²) in [6.07, 6.45) is 3.80. The standard InChI is InChI=1S/C16H23N3/c1-11(2)12-7-8-15-14(10-12)18-16(19(15)3)13-6-4-5-9-17-13/h7-8,10-11,13,17H,4-6,9H2,1-3H3. The van der Waals surface area contributed by atoms with Gasteiger partial charge in [0.25, 0.3) is 0 Å². The maximum Gasteiger partial charge on any atom is 0.126 e. The molecule has 0 aliphatic carbocycles. The summed E-state index contributed by atoms with van der Waals surface area (Å²) in [5.74, 6) is 1.75. The van der Waals surface area contributed by atoms with Gasteiger partial charge in [-0.3, -0.25) is 0 Å². The van der Waals surface area contributed by atoms with Crippen LogP contribution in [0.15, 0.2) is 18.2 Å². The molecule has 19 heavy (non-hydrogen) atoms. The fourth-order valence-corrected chi connectivity index (χ4v) is 2.98. The lowest BCUT2D eigenvalue weighted by atomic mass is 10.0. The monoisotopic (exact) mass is 257 g/mol. The van der Waals surface area contributed by atoms with E-state index in [1.54, 1.807) is 0 Å². The van der Waals surface area contributed by atoms with E-state index in [0.29, 0.717) is 12.0 Å². The van der Waals surface area contributed by atoms with Gasteiger partial charge in [0.15, 0.2) is 0 Å². The lowest BCUT2D eigenvalue weighted by Gasteiger charge is -2.22. The number of imidazole rings is 1. The fraction of sp³-hybridized carbons (Fsp3) is 0.562. The summed E-state index contributed by atoms with van der Waals surface area (Å²) in [7, 11) is 2.13. The number of nitrogens with zero attached hydrogens (tertiary/aromatic N) is 2. The molecule has 0 radical (unpaired) electrons. The second-order valence-electron chi connectivity index (χ2n) is 5.93. The van der Waals surface area contributed by atoms with Gasteiger partial charge < -0.3 is 9.88 Å². The molecule has 102 valence electrons. The van der Waals surface area contributed by atoms with E-state index in [0.717, 1.165) is 12.1 Å². The van der Waals surface area contributed by atoms with E-state index in [4.69, 9.17) is 4.98 Å². The van der Waals surface area contributed by atoms with Crippen LogP contribution in [0.3, 0.4) is 0 Å². The van der Waals surface area contributed by atoms with Crippen LogP contribution < -0.4 is 5.32 Å². The first-order valence-corrected chi connectivity index (χ1v) is 7.36. The van der Waals surface area contributed by atoms with Gasteiger partial charge >= 0.3 is 0 Å². The van der Waals surface area contributed by atoms with Crippen LogP contribution in [0.5, 0.6) is 0 Å². The van der Waals surface area contributed by atoms with Crippen molar-refractivity contribution in [3.63, 3.8) is 0 Å². The lowest BCUT2D eigenvalue weighted by Crippen LogP contribution is -2.28. The summed E-state index contributed by atoms with van der Waals surface area (Å²) in [5.41, 5.74) is 3.75. The van der Waals surface area contributed by atoms with Gasteiger partial charge in [-0.15, -0.1) is 0 Å². The van der Waals surface area contributed by atoms with E-state index < -0.39 is 0 Å². The molecule has 1 atom stereocenters. The van der Waals surface area contributed by atoms with Gasteiger partial charge in [-0.2, -0.15) is 0 Å². The van der Waals surface area contributed by atoms with E-state index in [1.807, 2.05) is 0 Å². The topological polar surface area (TPSA) is 29.9 Å². The molecule has 1 unspecified atom stereocenters. The molecular weight excluding hydrogens is 234 g/mol. The van der Waals surface area contributed by atoms with Gasteiger partial charge in [0.1, 0.15) is 5.82 Å². The Kier molecular flexibility index (Phi) is 3.31. The van der Waals surface area contributed by atoms with Crippen molar-refractivity contribution < 1.29 is 0 Å². The van der Waals surface area contributed by atoms with Crippen LogP contribution in [0.4, 0.5) is 0 Å². The molecule has 1 N–H and O–H groups in total. The normalized spacial score (nSPS) is 20.3. The van der Waals surface area contributed by atoms with E-state index in [1.165, 1.54) is 36.2 Å². The van der Waals surface area contributed by atoms with Crippen LogP contribution in [0.25, 0.3) is 11.0 Å². The van der Waals surface area contributed by atoms with Crippen LogP contribution in [0.1, 0.15) is 56.5 Å². The summed E-state index contributed by atoms with van der Waals surface area (Å²) in [5, 5.41) is 3.59. The van der Waals surface area contributed by atoms with Gasteiger partial charge in [0.05, 0.1) is 17.1 Å². The summed E-state index contributed by atoms with van der Waals surface area (Å²) in [4.78, 5) is 4.88. The highest BCUT2D eigenvalue weighted by molar-refractivity contribution is 5.77. The third-order valence-corrected chi connectivity index (χ3v) is 4.23. The highest BCUT2D eigenvalue weighted by atomic mass is 15.1. The summed E-state index contributed by atoms with van der Waals surface area (Å²) >= 11 is 0. The van der Waals surface area contributed by atoms with Crippen LogP contribution in [0, 0.1) is 0 Å². The Hall–Kier alpha value is -1.35. The molecule has 0 spiro atoms. The van der Waals surface area contributed by atoms with E-state index in [-0.39, 0.29) is 0 Å². The maximum absolute atomic E-state index is 4.88. The molecule has 1 fully saturated rings. The number of piperidine rings is 1. The van der Waals surface area contributed by atoms with Gasteiger partial charge in [0, 0.05) is 7.05 Å². The third-order valence-electron chi connectivity index (χ3n) is 4.23. The predicted octanol–water partition coefficient (Wildman–Crippen LogP) is 3.51.